The lowest BCUT2D eigenvalue weighted by Crippen LogP contribution is -2.43. The molecule has 114 valence electrons. The van der Waals surface area contributed by atoms with Gasteiger partial charge in [0.25, 0.3) is 0 Å². The highest BCUT2D eigenvalue weighted by Crippen LogP contribution is 2.40. The summed E-state index contributed by atoms with van der Waals surface area (Å²) < 4.78 is 19.1. The third-order valence-corrected chi connectivity index (χ3v) is 4.38. The molecule has 0 radical (unpaired) electrons. The molecule has 0 spiro atoms. The molecule has 6 nitrogen and oxygen atoms in total. The maximum absolute atomic E-state index is 12.9. The summed E-state index contributed by atoms with van der Waals surface area (Å²) in [4.78, 5) is 18.4. The maximum atomic E-state index is 12.9. The summed E-state index contributed by atoms with van der Waals surface area (Å²) in [6.45, 7) is 1.60. The summed E-state index contributed by atoms with van der Waals surface area (Å²) in [6, 6.07) is 1.91. The number of nitrogens with zero attached hydrogens (tertiary/aromatic N) is 5. The van der Waals surface area contributed by atoms with Crippen molar-refractivity contribution < 1.29 is 9.13 Å². The number of fused-ring (bicyclic) bond motifs is 1. The van der Waals surface area contributed by atoms with Gasteiger partial charge >= 0.3 is 0 Å². The number of anilines is 1. The third-order valence-electron chi connectivity index (χ3n) is 4.38. The van der Waals surface area contributed by atoms with Crippen molar-refractivity contribution in [2.45, 2.75) is 25.0 Å². The standard InChI is InChI=1S/C15H16FN5O/c16-11-6-18-15(19-7-11)21-4-2-10-5-13(22-14(10)8-21)12-1-3-17-9-20-12/h1,3,6-7,9-10,13-14H,2,4-5,8H2/t10-,13-,14+/m1/s1. The van der Waals surface area contributed by atoms with Crippen molar-refractivity contribution in [3.8, 4) is 0 Å². The Kier molecular flexibility index (Phi) is 3.42. The van der Waals surface area contributed by atoms with Gasteiger partial charge in [0.05, 0.1) is 24.2 Å². The van der Waals surface area contributed by atoms with E-state index in [9.17, 15) is 4.39 Å². The lowest BCUT2D eigenvalue weighted by atomic mass is 9.91. The number of piperidine rings is 1. The molecule has 4 rings (SSSR count). The molecule has 0 N–H and O–H groups in total. The van der Waals surface area contributed by atoms with Crippen molar-refractivity contribution in [1.29, 1.82) is 0 Å². The predicted molar refractivity (Wildman–Crippen MR) is 76.6 cm³/mol. The van der Waals surface area contributed by atoms with Crippen LogP contribution >= 0.6 is 0 Å². The maximum Gasteiger partial charge on any atom is 0.225 e. The minimum Gasteiger partial charge on any atom is -0.367 e. The van der Waals surface area contributed by atoms with E-state index in [1.807, 2.05) is 6.07 Å². The van der Waals surface area contributed by atoms with Crippen molar-refractivity contribution in [2.75, 3.05) is 18.0 Å². The van der Waals surface area contributed by atoms with Crippen LogP contribution in [0.5, 0.6) is 0 Å². The highest BCUT2D eigenvalue weighted by molar-refractivity contribution is 5.30. The Bertz CT molecular complexity index is 638. The van der Waals surface area contributed by atoms with Crippen LogP contribution in [-0.2, 0) is 4.74 Å². The van der Waals surface area contributed by atoms with Gasteiger partial charge in [-0.2, -0.15) is 0 Å². The molecule has 0 bridgehead atoms. The van der Waals surface area contributed by atoms with Crippen molar-refractivity contribution in [2.24, 2.45) is 5.92 Å². The van der Waals surface area contributed by atoms with Gasteiger partial charge in [-0.15, -0.1) is 0 Å². The van der Waals surface area contributed by atoms with E-state index in [-0.39, 0.29) is 12.2 Å². The first-order chi connectivity index (χ1) is 10.8. The second-order valence-electron chi connectivity index (χ2n) is 5.73. The van der Waals surface area contributed by atoms with Gasteiger partial charge in [0.2, 0.25) is 5.95 Å². The summed E-state index contributed by atoms with van der Waals surface area (Å²) in [5, 5.41) is 0. The van der Waals surface area contributed by atoms with E-state index in [0.717, 1.165) is 31.6 Å². The SMILES string of the molecule is Fc1cnc(N2CC[C@@H]3C[C@H](c4ccncn4)O[C@H]3C2)nc1. The lowest BCUT2D eigenvalue weighted by molar-refractivity contribution is 0.0296. The second kappa shape index (κ2) is 5.57. The molecule has 4 heterocycles. The number of ether oxygens (including phenoxy) is 1. The summed E-state index contributed by atoms with van der Waals surface area (Å²) in [7, 11) is 0. The Balaban J connectivity index is 1.46. The van der Waals surface area contributed by atoms with E-state index in [0.29, 0.717) is 11.9 Å². The molecular weight excluding hydrogens is 285 g/mol. The summed E-state index contributed by atoms with van der Waals surface area (Å²) in [5.74, 6) is 0.671. The quantitative estimate of drug-likeness (QED) is 0.842. The molecule has 0 aliphatic carbocycles. The Hall–Kier alpha value is -2.15. The van der Waals surface area contributed by atoms with Crippen molar-refractivity contribution in [1.82, 2.24) is 19.9 Å². The summed E-state index contributed by atoms with van der Waals surface area (Å²) >= 11 is 0. The zero-order chi connectivity index (χ0) is 14.9. The molecule has 2 aromatic heterocycles. The molecule has 2 fully saturated rings. The first-order valence-corrected chi connectivity index (χ1v) is 7.43. The van der Waals surface area contributed by atoms with Gasteiger partial charge in [-0.3, -0.25) is 0 Å². The number of hydrogen-bond acceptors (Lipinski definition) is 6. The first-order valence-electron chi connectivity index (χ1n) is 7.43. The van der Waals surface area contributed by atoms with Gasteiger partial charge in [-0.25, -0.2) is 24.3 Å². The fourth-order valence-electron chi connectivity index (χ4n) is 3.26. The number of aromatic nitrogens is 4. The van der Waals surface area contributed by atoms with Crippen LogP contribution in [0.4, 0.5) is 10.3 Å². The van der Waals surface area contributed by atoms with E-state index in [4.69, 9.17) is 4.74 Å². The molecule has 3 atom stereocenters. The molecule has 0 amide bonds. The molecule has 2 saturated heterocycles. The molecular formula is C15H16FN5O. The van der Waals surface area contributed by atoms with Crippen LogP contribution < -0.4 is 4.90 Å². The topological polar surface area (TPSA) is 64.0 Å². The van der Waals surface area contributed by atoms with E-state index in [1.165, 1.54) is 12.4 Å². The monoisotopic (exact) mass is 301 g/mol. The molecule has 0 aromatic carbocycles. The molecule has 2 aromatic rings. The second-order valence-corrected chi connectivity index (χ2v) is 5.73. The van der Waals surface area contributed by atoms with Crippen LogP contribution in [0.25, 0.3) is 0 Å². The van der Waals surface area contributed by atoms with Crippen LogP contribution in [-0.4, -0.2) is 39.1 Å². The van der Waals surface area contributed by atoms with E-state index < -0.39 is 5.82 Å². The molecule has 2 aliphatic rings. The van der Waals surface area contributed by atoms with Crippen LogP contribution in [0.3, 0.4) is 0 Å². The molecule has 7 heteroatoms. The van der Waals surface area contributed by atoms with E-state index in [1.54, 1.807) is 12.5 Å². The fourth-order valence-corrected chi connectivity index (χ4v) is 3.26. The zero-order valence-electron chi connectivity index (χ0n) is 12.0. The van der Waals surface area contributed by atoms with Crippen LogP contribution in [0.1, 0.15) is 24.6 Å². The van der Waals surface area contributed by atoms with Crippen LogP contribution in [0, 0.1) is 11.7 Å². The third kappa shape index (κ3) is 2.52. The first kappa shape index (κ1) is 13.5. The number of halogens is 1. The van der Waals surface area contributed by atoms with Gasteiger partial charge in [-0.05, 0) is 24.8 Å². The summed E-state index contributed by atoms with van der Waals surface area (Å²) in [5.41, 5.74) is 0.939. The summed E-state index contributed by atoms with van der Waals surface area (Å²) in [6.07, 6.45) is 7.88. The van der Waals surface area contributed by atoms with E-state index >= 15 is 0 Å². The predicted octanol–water partition coefficient (Wildman–Crippen LogP) is 1.76. The zero-order valence-corrected chi connectivity index (χ0v) is 12.0. The van der Waals surface area contributed by atoms with Crippen LogP contribution in [0.15, 0.2) is 31.0 Å². The van der Waals surface area contributed by atoms with Gasteiger partial charge in [0.15, 0.2) is 5.82 Å². The lowest BCUT2D eigenvalue weighted by Gasteiger charge is -2.33. The van der Waals surface area contributed by atoms with Crippen LogP contribution in [0.2, 0.25) is 0 Å². The van der Waals surface area contributed by atoms with Crippen molar-refractivity contribution in [3.63, 3.8) is 0 Å². The molecule has 0 unspecified atom stereocenters. The Morgan fingerprint density at radius 2 is 2.09 bits per heavy atom. The van der Waals surface area contributed by atoms with Gasteiger partial charge in [0, 0.05) is 19.3 Å². The van der Waals surface area contributed by atoms with Gasteiger partial charge in [-0.1, -0.05) is 0 Å². The highest BCUT2D eigenvalue weighted by atomic mass is 19.1. The van der Waals surface area contributed by atoms with Crippen molar-refractivity contribution >= 4 is 5.95 Å². The minimum atomic E-state index is -0.417. The highest BCUT2D eigenvalue weighted by Gasteiger charge is 2.40. The minimum absolute atomic E-state index is 0.0343. The Morgan fingerprint density at radius 1 is 1.23 bits per heavy atom. The average Bonchev–Trinajstić information content (AvgIpc) is 2.99. The number of rotatable bonds is 2. The molecule has 0 saturated carbocycles. The fraction of sp³-hybridized carbons (Fsp3) is 0.467. The van der Waals surface area contributed by atoms with Crippen molar-refractivity contribution in [3.05, 3.63) is 42.5 Å². The smallest absolute Gasteiger partial charge is 0.225 e. The van der Waals surface area contributed by atoms with Gasteiger partial charge < -0.3 is 9.64 Å². The molecule has 22 heavy (non-hydrogen) atoms. The Morgan fingerprint density at radius 3 is 2.86 bits per heavy atom. The largest absolute Gasteiger partial charge is 0.367 e. The molecule has 2 aliphatic heterocycles. The number of hydrogen-bond donors (Lipinski definition) is 0. The normalized spacial score (nSPS) is 27.7. The average molecular weight is 301 g/mol. The van der Waals surface area contributed by atoms with Gasteiger partial charge in [0.1, 0.15) is 12.4 Å². The Labute approximate surface area is 127 Å². The van der Waals surface area contributed by atoms with E-state index in [2.05, 4.69) is 24.8 Å².